The van der Waals surface area contributed by atoms with Gasteiger partial charge in [-0.25, -0.2) is 0 Å². The highest BCUT2D eigenvalue weighted by Crippen LogP contribution is 2.43. The van der Waals surface area contributed by atoms with Crippen LogP contribution in [0.4, 0.5) is 0 Å². The molecule has 6 rings (SSSR count). The first-order valence-electron chi connectivity index (χ1n) is 40.4. The van der Waals surface area contributed by atoms with E-state index in [4.69, 9.17) is 18.9 Å². The summed E-state index contributed by atoms with van der Waals surface area (Å²) in [6.45, 7) is 71.0. The Balaban J connectivity index is 0.000000596. The van der Waals surface area contributed by atoms with E-state index in [0.29, 0.717) is 40.4 Å². The Hall–Kier alpha value is -3.68. The minimum absolute atomic E-state index is 0.0239. The predicted octanol–water partition coefficient (Wildman–Crippen LogP) is 27.1. The fourth-order valence-electron chi connectivity index (χ4n) is 13.1. The van der Waals surface area contributed by atoms with Gasteiger partial charge in [-0.05, 0) is 290 Å². The molecule has 8 nitrogen and oxygen atoms in total. The topological polar surface area (TPSA) is 105 Å². The summed E-state index contributed by atoms with van der Waals surface area (Å²) in [5, 5.41) is 0. The van der Waals surface area contributed by atoms with Crippen LogP contribution in [0.3, 0.4) is 0 Å². The van der Waals surface area contributed by atoms with Crippen molar-refractivity contribution in [2.45, 2.75) is 416 Å². The maximum absolute atomic E-state index is 12.2. The van der Waals surface area contributed by atoms with E-state index in [1.165, 1.54) is 112 Å². The molecule has 574 valence electrons. The quantitative estimate of drug-likeness (QED) is 0.101. The molecule has 0 amide bonds. The molecular formula is C91H162O8. The van der Waals surface area contributed by atoms with Crippen LogP contribution in [0.5, 0.6) is 0 Å². The zero-order valence-electron chi connectivity index (χ0n) is 71.3. The summed E-state index contributed by atoms with van der Waals surface area (Å²) < 4.78 is 23.0. The Morgan fingerprint density at radius 3 is 0.818 bits per heavy atom. The second kappa shape index (κ2) is 41.1. The summed E-state index contributed by atoms with van der Waals surface area (Å²) in [6.07, 6.45) is 24.8. The van der Waals surface area contributed by atoms with Crippen molar-refractivity contribution in [2.24, 2.45) is 68.0 Å². The Morgan fingerprint density at radius 1 is 0.343 bits per heavy atom. The SMILES string of the molecule is CCC(C)(C)C(=O)OC(C)(C)C1CCC(C)CC1.CCC(C)(C)C(=O)OC(C)(C)C1CCC(C)CC1.CCC(C)(C)C(=O)OC1CCC(C(C)(C)C)CC1.CCC(C)(C)C(=O)OC1CCC(C(C)(C)C)CC1.CCC(C)c1ccc(C(C)(C)C)cc1.CCC(C)c1ccc(C(C)C)cc1. The van der Waals surface area contributed by atoms with Crippen molar-refractivity contribution in [3.8, 4) is 0 Å². The molecule has 4 saturated carbocycles. The first-order chi connectivity index (χ1) is 45.3. The second-order valence-electron chi connectivity index (χ2n) is 38.7. The fourth-order valence-corrected chi connectivity index (χ4v) is 13.1. The van der Waals surface area contributed by atoms with Crippen LogP contribution in [0.1, 0.15) is 410 Å². The smallest absolute Gasteiger partial charge is 0.312 e. The van der Waals surface area contributed by atoms with Gasteiger partial charge in [0.2, 0.25) is 0 Å². The van der Waals surface area contributed by atoms with Gasteiger partial charge in [-0.2, -0.15) is 0 Å². The third kappa shape index (κ3) is 32.9. The van der Waals surface area contributed by atoms with Gasteiger partial charge < -0.3 is 18.9 Å². The van der Waals surface area contributed by atoms with Gasteiger partial charge in [0.05, 0.1) is 21.7 Å². The van der Waals surface area contributed by atoms with E-state index in [-0.39, 0.29) is 74.4 Å². The predicted molar refractivity (Wildman–Crippen MR) is 425 cm³/mol. The second-order valence-corrected chi connectivity index (χ2v) is 38.7. The minimum atomic E-state index is -0.362. The van der Waals surface area contributed by atoms with Crippen molar-refractivity contribution in [2.75, 3.05) is 0 Å². The molecule has 0 heterocycles. The van der Waals surface area contributed by atoms with Gasteiger partial charge in [0.15, 0.2) is 0 Å². The molecule has 2 unspecified atom stereocenters. The van der Waals surface area contributed by atoms with Crippen molar-refractivity contribution in [1.82, 2.24) is 0 Å². The normalized spacial score (nSPS) is 22.6. The average Bonchev–Trinajstić information content (AvgIpc) is 0.846. The molecule has 4 aliphatic carbocycles. The van der Waals surface area contributed by atoms with Crippen molar-refractivity contribution in [1.29, 1.82) is 0 Å². The molecule has 4 fully saturated rings. The van der Waals surface area contributed by atoms with E-state index in [1.54, 1.807) is 0 Å². The van der Waals surface area contributed by atoms with Crippen LogP contribution in [0, 0.1) is 68.0 Å². The highest BCUT2D eigenvalue weighted by atomic mass is 16.6. The number of carbonyl (C=O) groups is 4. The molecule has 0 aliphatic heterocycles. The number of esters is 4. The van der Waals surface area contributed by atoms with Crippen molar-refractivity contribution < 1.29 is 38.1 Å². The molecule has 8 heteroatoms. The number of carbonyl (C=O) groups excluding carboxylic acids is 4. The number of hydrogen-bond donors (Lipinski definition) is 0. The molecule has 4 aliphatic rings. The number of benzene rings is 2. The molecule has 2 aromatic carbocycles. The van der Waals surface area contributed by atoms with Gasteiger partial charge in [-0.3, -0.25) is 19.2 Å². The summed E-state index contributed by atoms with van der Waals surface area (Å²) in [6, 6.07) is 18.1. The monoisotopic (exact) mass is 1380 g/mol. The third-order valence-electron chi connectivity index (χ3n) is 24.5. The van der Waals surface area contributed by atoms with Crippen LogP contribution in [0.25, 0.3) is 0 Å². The van der Waals surface area contributed by atoms with Gasteiger partial charge in [0.25, 0.3) is 0 Å². The number of rotatable bonds is 19. The molecule has 0 N–H and O–H groups in total. The molecule has 0 bridgehead atoms. The maximum atomic E-state index is 12.2. The van der Waals surface area contributed by atoms with Crippen LogP contribution < -0.4 is 0 Å². The highest BCUT2D eigenvalue weighted by Gasteiger charge is 2.42. The van der Waals surface area contributed by atoms with Crippen LogP contribution in [0.15, 0.2) is 48.5 Å². The van der Waals surface area contributed by atoms with Crippen molar-refractivity contribution in [3.05, 3.63) is 70.8 Å². The Bertz CT molecular complexity index is 2460. The Labute approximate surface area is 613 Å². The lowest BCUT2D eigenvalue weighted by Crippen LogP contribution is -2.42. The van der Waals surface area contributed by atoms with E-state index in [9.17, 15) is 19.2 Å². The van der Waals surface area contributed by atoms with Crippen molar-refractivity contribution in [3.63, 3.8) is 0 Å². The summed E-state index contributed by atoms with van der Waals surface area (Å²) in [4.78, 5) is 48.4. The Kier molecular flexibility index (Phi) is 38.8. The van der Waals surface area contributed by atoms with E-state index in [1.807, 2.05) is 83.1 Å². The molecular weight excluding hydrogens is 1220 g/mol. The first kappa shape index (κ1) is 93.3. The van der Waals surface area contributed by atoms with E-state index in [2.05, 4.69) is 194 Å². The standard InChI is InChI=1S/4C16H30O2.C14H22.C13H20/c2*1-7-16(5,6)14(17)18-13-10-8-12(9-11-13)15(2,3)4;2*1-7-15(3,4)14(17)18-16(5,6)13-10-8-12(2)9-11-13;1-6-11(2)12-7-9-13(10-8-12)14(3,4)5;1-5-11(4)13-8-6-12(7-9-13)10(2)3/h4*12-13H,7-11H2,1-6H3;7-11H,6H2,1-5H3;6-11H,5H2,1-4H3. The minimum Gasteiger partial charge on any atom is -0.462 e. The molecule has 2 aromatic rings. The molecule has 0 spiro atoms. The van der Waals surface area contributed by atoms with Gasteiger partial charge in [-0.1, -0.05) is 220 Å². The van der Waals surface area contributed by atoms with E-state index >= 15 is 0 Å². The zero-order chi connectivity index (χ0) is 76.5. The zero-order valence-corrected chi connectivity index (χ0v) is 71.3. The van der Waals surface area contributed by atoms with Crippen LogP contribution in [-0.4, -0.2) is 47.3 Å². The largest absolute Gasteiger partial charge is 0.462 e. The van der Waals surface area contributed by atoms with Gasteiger partial charge in [0, 0.05) is 0 Å². The number of ether oxygens (including phenoxy) is 4. The van der Waals surface area contributed by atoms with Crippen LogP contribution in [-0.2, 0) is 43.5 Å². The fraction of sp³-hybridized carbons (Fsp3) is 0.824. The molecule has 2 atom stereocenters. The maximum Gasteiger partial charge on any atom is 0.312 e. The summed E-state index contributed by atoms with van der Waals surface area (Å²) in [5.74, 6) is 6.13. The molecule has 0 radical (unpaired) electrons. The molecule has 0 saturated heterocycles. The summed E-state index contributed by atoms with van der Waals surface area (Å²) in [5.41, 5.74) is 4.81. The summed E-state index contributed by atoms with van der Waals surface area (Å²) in [7, 11) is 0. The van der Waals surface area contributed by atoms with E-state index < -0.39 is 0 Å². The molecule has 99 heavy (non-hydrogen) atoms. The van der Waals surface area contributed by atoms with Gasteiger partial charge >= 0.3 is 23.9 Å². The van der Waals surface area contributed by atoms with Crippen molar-refractivity contribution >= 4 is 23.9 Å². The third-order valence-corrected chi connectivity index (χ3v) is 24.5. The lowest BCUT2D eigenvalue weighted by Gasteiger charge is -2.39. The Morgan fingerprint density at radius 2 is 0.586 bits per heavy atom. The van der Waals surface area contributed by atoms with Gasteiger partial charge in [0.1, 0.15) is 23.4 Å². The van der Waals surface area contributed by atoms with E-state index in [0.717, 1.165) is 75.0 Å². The molecule has 0 aromatic heterocycles. The average molecular weight is 1380 g/mol. The highest BCUT2D eigenvalue weighted by molar-refractivity contribution is 5.77. The first-order valence-corrected chi connectivity index (χ1v) is 40.4. The van der Waals surface area contributed by atoms with Gasteiger partial charge in [-0.15, -0.1) is 0 Å². The van der Waals surface area contributed by atoms with Crippen LogP contribution in [0.2, 0.25) is 0 Å². The summed E-state index contributed by atoms with van der Waals surface area (Å²) >= 11 is 0. The number of hydrogen-bond acceptors (Lipinski definition) is 8. The lowest BCUT2D eigenvalue weighted by molar-refractivity contribution is -0.175. The van der Waals surface area contributed by atoms with Crippen LogP contribution >= 0.6 is 0 Å². The lowest BCUT2D eigenvalue weighted by atomic mass is 9.72.